The molecule has 1 aliphatic rings. The highest BCUT2D eigenvalue weighted by atomic mass is 16.5. The first-order valence-corrected chi connectivity index (χ1v) is 9.30. The van der Waals surface area contributed by atoms with Crippen LogP contribution in [0, 0.1) is 0 Å². The highest BCUT2D eigenvalue weighted by molar-refractivity contribution is 5.67. The zero-order chi connectivity index (χ0) is 18.4. The zero-order valence-electron chi connectivity index (χ0n) is 15.5. The maximum atomic E-state index is 12.1. The fourth-order valence-corrected chi connectivity index (χ4v) is 3.16. The van der Waals surface area contributed by atoms with Gasteiger partial charge in [0.1, 0.15) is 12.4 Å². The Kier molecular flexibility index (Phi) is 6.10. The Morgan fingerprint density at radius 3 is 2.77 bits per heavy atom. The molecule has 0 spiro atoms. The molecule has 1 aliphatic heterocycles. The summed E-state index contributed by atoms with van der Waals surface area (Å²) in [4.78, 5) is 18.9. The molecule has 1 amide bonds. The lowest BCUT2D eigenvalue weighted by Gasteiger charge is -2.33. The number of rotatable bonds is 5. The monoisotopic (exact) mass is 353 g/mol. The second-order valence-corrected chi connectivity index (χ2v) is 7.10. The van der Waals surface area contributed by atoms with Gasteiger partial charge in [-0.25, -0.2) is 9.78 Å². The second kappa shape index (κ2) is 8.70. The van der Waals surface area contributed by atoms with Gasteiger partial charge in [-0.2, -0.15) is 0 Å². The highest BCUT2D eigenvalue weighted by Crippen LogP contribution is 2.20. The summed E-state index contributed by atoms with van der Waals surface area (Å²) >= 11 is 0. The lowest BCUT2D eigenvalue weighted by atomic mass is 10.0. The maximum Gasteiger partial charge on any atom is 0.407 e. The van der Waals surface area contributed by atoms with Crippen molar-refractivity contribution in [1.82, 2.24) is 10.3 Å². The van der Waals surface area contributed by atoms with E-state index in [1.807, 2.05) is 36.5 Å². The molecule has 1 N–H and O–H groups in total. The SMILES string of the molecule is CC(C)c1ccc(N2CCCC(NC(=O)OCc3ccccc3)C2)nc1. The van der Waals surface area contributed by atoms with Crippen molar-refractivity contribution < 1.29 is 9.53 Å². The van der Waals surface area contributed by atoms with E-state index in [0.29, 0.717) is 12.5 Å². The molecule has 2 heterocycles. The third-order valence-corrected chi connectivity index (χ3v) is 4.72. The predicted octanol–water partition coefficient (Wildman–Crippen LogP) is 4.10. The number of pyridine rings is 1. The molecular weight excluding hydrogens is 326 g/mol. The van der Waals surface area contributed by atoms with Crippen molar-refractivity contribution in [3.8, 4) is 0 Å². The van der Waals surface area contributed by atoms with Gasteiger partial charge in [0.05, 0.1) is 0 Å². The zero-order valence-corrected chi connectivity index (χ0v) is 15.5. The third-order valence-electron chi connectivity index (χ3n) is 4.72. The smallest absolute Gasteiger partial charge is 0.407 e. The van der Waals surface area contributed by atoms with E-state index in [1.54, 1.807) is 0 Å². The average Bonchev–Trinajstić information content (AvgIpc) is 2.67. The molecule has 1 aromatic carbocycles. The minimum Gasteiger partial charge on any atom is -0.445 e. The Balaban J connectivity index is 1.50. The number of piperidine rings is 1. The molecule has 1 unspecified atom stereocenters. The molecule has 26 heavy (non-hydrogen) atoms. The Hall–Kier alpha value is -2.56. The van der Waals surface area contributed by atoms with Crippen molar-refractivity contribution >= 4 is 11.9 Å². The van der Waals surface area contributed by atoms with Gasteiger partial charge in [-0.05, 0) is 36.0 Å². The molecule has 5 heteroatoms. The predicted molar refractivity (Wildman–Crippen MR) is 103 cm³/mol. The van der Waals surface area contributed by atoms with Crippen LogP contribution in [0.15, 0.2) is 48.7 Å². The molecule has 1 saturated heterocycles. The van der Waals surface area contributed by atoms with Gasteiger partial charge in [0.25, 0.3) is 0 Å². The van der Waals surface area contributed by atoms with E-state index in [4.69, 9.17) is 4.74 Å². The van der Waals surface area contributed by atoms with Crippen molar-refractivity contribution in [2.45, 2.75) is 45.3 Å². The molecule has 2 aromatic rings. The van der Waals surface area contributed by atoms with Gasteiger partial charge in [0.15, 0.2) is 0 Å². The Morgan fingerprint density at radius 2 is 2.08 bits per heavy atom. The van der Waals surface area contributed by atoms with Crippen LogP contribution >= 0.6 is 0 Å². The molecule has 3 rings (SSSR count). The summed E-state index contributed by atoms with van der Waals surface area (Å²) in [6.07, 6.45) is 3.58. The van der Waals surface area contributed by atoms with Crippen LogP contribution < -0.4 is 10.2 Å². The van der Waals surface area contributed by atoms with Crippen LogP contribution in [0.1, 0.15) is 43.7 Å². The standard InChI is InChI=1S/C21H27N3O2/c1-16(2)18-10-11-20(22-13-18)24-12-6-9-19(14-24)23-21(25)26-15-17-7-4-3-5-8-17/h3-5,7-8,10-11,13,16,19H,6,9,12,14-15H2,1-2H3,(H,23,25). The van der Waals surface area contributed by atoms with Gasteiger partial charge in [0, 0.05) is 25.3 Å². The van der Waals surface area contributed by atoms with Crippen molar-refractivity contribution in [2.75, 3.05) is 18.0 Å². The fourth-order valence-electron chi connectivity index (χ4n) is 3.16. The van der Waals surface area contributed by atoms with Crippen LogP contribution in [0.3, 0.4) is 0 Å². The van der Waals surface area contributed by atoms with Gasteiger partial charge < -0.3 is 15.0 Å². The minimum absolute atomic E-state index is 0.0820. The number of nitrogens with one attached hydrogen (secondary N) is 1. The topological polar surface area (TPSA) is 54.5 Å². The van der Waals surface area contributed by atoms with Gasteiger partial charge in [-0.3, -0.25) is 0 Å². The third kappa shape index (κ3) is 4.97. The fraction of sp³-hybridized carbons (Fsp3) is 0.429. The second-order valence-electron chi connectivity index (χ2n) is 7.10. The molecule has 0 aliphatic carbocycles. The number of anilines is 1. The maximum absolute atomic E-state index is 12.1. The minimum atomic E-state index is -0.358. The number of aromatic nitrogens is 1. The normalized spacial score (nSPS) is 17.2. The molecule has 138 valence electrons. The van der Waals surface area contributed by atoms with Crippen LogP contribution in [0.25, 0.3) is 0 Å². The van der Waals surface area contributed by atoms with Crippen LogP contribution in [0.5, 0.6) is 0 Å². The first kappa shape index (κ1) is 18.2. The number of alkyl carbamates (subject to hydrolysis) is 1. The Morgan fingerprint density at radius 1 is 1.27 bits per heavy atom. The van der Waals surface area contributed by atoms with E-state index in [2.05, 4.69) is 41.2 Å². The largest absolute Gasteiger partial charge is 0.445 e. The summed E-state index contributed by atoms with van der Waals surface area (Å²) in [5.41, 5.74) is 2.23. The van der Waals surface area contributed by atoms with Crippen molar-refractivity contribution in [3.63, 3.8) is 0 Å². The number of benzene rings is 1. The molecule has 5 nitrogen and oxygen atoms in total. The van der Waals surface area contributed by atoms with Gasteiger partial charge >= 0.3 is 6.09 Å². The van der Waals surface area contributed by atoms with Crippen LogP contribution in [0.4, 0.5) is 10.6 Å². The molecule has 1 aromatic heterocycles. The summed E-state index contributed by atoms with van der Waals surface area (Å²) in [6, 6.07) is 14.0. The molecule has 0 bridgehead atoms. The van der Waals surface area contributed by atoms with Crippen LogP contribution in [0.2, 0.25) is 0 Å². The number of carbonyl (C=O) groups excluding carboxylic acids is 1. The highest BCUT2D eigenvalue weighted by Gasteiger charge is 2.23. The first-order chi connectivity index (χ1) is 12.6. The number of nitrogens with zero attached hydrogens (tertiary/aromatic N) is 2. The van der Waals surface area contributed by atoms with Crippen LogP contribution in [-0.4, -0.2) is 30.2 Å². The van der Waals surface area contributed by atoms with Gasteiger partial charge in [-0.15, -0.1) is 0 Å². The molecule has 1 fully saturated rings. The summed E-state index contributed by atoms with van der Waals surface area (Å²) in [6.45, 7) is 6.35. The summed E-state index contributed by atoms with van der Waals surface area (Å²) in [5.74, 6) is 1.45. The van der Waals surface area contributed by atoms with E-state index in [0.717, 1.165) is 37.3 Å². The molecule has 1 atom stereocenters. The Bertz CT molecular complexity index is 701. The van der Waals surface area contributed by atoms with Crippen LogP contribution in [-0.2, 0) is 11.3 Å². The Labute approximate surface area is 155 Å². The van der Waals surface area contributed by atoms with E-state index in [9.17, 15) is 4.79 Å². The van der Waals surface area contributed by atoms with E-state index in [1.165, 1.54) is 5.56 Å². The van der Waals surface area contributed by atoms with E-state index < -0.39 is 0 Å². The lowest BCUT2D eigenvalue weighted by molar-refractivity contribution is 0.134. The van der Waals surface area contributed by atoms with Gasteiger partial charge in [-0.1, -0.05) is 50.2 Å². The lowest BCUT2D eigenvalue weighted by Crippen LogP contribution is -2.48. The van der Waals surface area contributed by atoms with E-state index >= 15 is 0 Å². The number of carbonyl (C=O) groups is 1. The number of hydrogen-bond acceptors (Lipinski definition) is 4. The van der Waals surface area contributed by atoms with Crippen molar-refractivity contribution in [3.05, 3.63) is 59.8 Å². The molecular formula is C21H27N3O2. The van der Waals surface area contributed by atoms with Crippen molar-refractivity contribution in [1.29, 1.82) is 0 Å². The van der Waals surface area contributed by atoms with E-state index in [-0.39, 0.29) is 12.1 Å². The van der Waals surface area contributed by atoms with Crippen molar-refractivity contribution in [2.24, 2.45) is 0 Å². The number of hydrogen-bond donors (Lipinski definition) is 1. The average molecular weight is 353 g/mol. The summed E-state index contributed by atoms with van der Waals surface area (Å²) in [5, 5.41) is 2.99. The molecule has 0 radical (unpaired) electrons. The quantitative estimate of drug-likeness (QED) is 0.879. The first-order valence-electron chi connectivity index (χ1n) is 9.30. The summed E-state index contributed by atoms with van der Waals surface area (Å²) in [7, 11) is 0. The number of amides is 1. The molecule has 0 saturated carbocycles. The number of ether oxygens (including phenoxy) is 1. The summed E-state index contributed by atoms with van der Waals surface area (Å²) < 4.78 is 5.33. The van der Waals surface area contributed by atoms with Gasteiger partial charge in [0.2, 0.25) is 0 Å².